The molecule has 0 spiro atoms. The predicted octanol–water partition coefficient (Wildman–Crippen LogP) is 4.64. The van der Waals surface area contributed by atoms with Gasteiger partial charge in [0.15, 0.2) is 5.79 Å². The maximum atomic E-state index is 14.2. The van der Waals surface area contributed by atoms with Crippen LogP contribution in [0.2, 0.25) is 0 Å². The number of rotatable bonds is 5. The SMILES string of the molecule is CC[C@@H]1/C=C(\C)C[C@H](C)C[C@H](OC)[C@H]2O[C@@](O)(CC(=O)N3CCCC[C@H]3C(=O)O[C@H](/C(C)=C/[C@@H]3CC[C@@H](O)[C@H](O)C3)[C@H](C)[C@@H](O)CC1=O)[C@H](C)C[C@@H]2OC. The van der Waals surface area contributed by atoms with Crippen molar-refractivity contribution in [1.29, 1.82) is 0 Å². The number of hydrogen-bond acceptors (Lipinski definition) is 11. The number of aliphatic hydroxyl groups excluding tert-OH is 3. The highest BCUT2D eigenvalue weighted by Gasteiger charge is 2.51. The van der Waals surface area contributed by atoms with Crippen LogP contribution in [0.15, 0.2) is 23.3 Å². The Bertz CT molecular complexity index is 1330. The lowest BCUT2D eigenvalue weighted by atomic mass is 9.81. The largest absolute Gasteiger partial charge is 0.456 e. The van der Waals surface area contributed by atoms with Crippen molar-refractivity contribution in [3.8, 4) is 0 Å². The summed E-state index contributed by atoms with van der Waals surface area (Å²) in [5, 5.41) is 44.1. The fourth-order valence-electron chi connectivity index (χ4n) is 9.24. The molecule has 2 saturated heterocycles. The number of cyclic esters (lactones) is 1. The number of ketones is 1. The normalized spacial score (nSPS) is 42.6. The van der Waals surface area contributed by atoms with Crippen LogP contribution in [0.1, 0.15) is 119 Å². The number of carbonyl (C=O) groups is 3. The highest BCUT2D eigenvalue weighted by Crippen LogP contribution is 2.40. The number of Topliss-reactive ketones (excluding diaryl/α,β-unsaturated/α-hetero) is 1. The zero-order chi connectivity index (χ0) is 39.9. The van der Waals surface area contributed by atoms with E-state index in [2.05, 4.69) is 6.92 Å². The van der Waals surface area contributed by atoms with E-state index in [0.717, 1.165) is 5.57 Å². The van der Waals surface area contributed by atoms with E-state index >= 15 is 0 Å². The maximum absolute atomic E-state index is 14.2. The minimum absolute atomic E-state index is 0.0802. The van der Waals surface area contributed by atoms with Crippen molar-refractivity contribution in [2.45, 2.75) is 173 Å². The van der Waals surface area contributed by atoms with Crippen molar-refractivity contribution >= 4 is 17.7 Å². The molecular formula is C42H69NO11. The van der Waals surface area contributed by atoms with Gasteiger partial charge in [0.1, 0.15) is 24.0 Å². The minimum Gasteiger partial charge on any atom is -0.456 e. The lowest BCUT2D eigenvalue weighted by Crippen LogP contribution is -2.59. The molecule has 2 bridgehead atoms. The van der Waals surface area contributed by atoms with E-state index in [1.54, 1.807) is 21.1 Å². The Morgan fingerprint density at radius 2 is 1.63 bits per heavy atom. The highest BCUT2D eigenvalue weighted by molar-refractivity contribution is 5.85. The second-order valence-corrected chi connectivity index (χ2v) is 17.0. The van der Waals surface area contributed by atoms with E-state index in [1.807, 2.05) is 39.8 Å². The average molecular weight is 764 g/mol. The van der Waals surface area contributed by atoms with Crippen LogP contribution in [-0.2, 0) is 33.3 Å². The minimum atomic E-state index is -1.83. The van der Waals surface area contributed by atoms with Gasteiger partial charge in [0.2, 0.25) is 5.91 Å². The van der Waals surface area contributed by atoms with Gasteiger partial charge in [-0.15, -0.1) is 0 Å². The third-order valence-corrected chi connectivity index (χ3v) is 12.7. The first-order valence-corrected chi connectivity index (χ1v) is 20.4. The summed E-state index contributed by atoms with van der Waals surface area (Å²) >= 11 is 0. The van der Waals surface area contributed by atoms with E-state index in [9.17, 15) is 34.8 Å². The number of carbonyl (C=O) groups excluding carboxylic acids is 3. The van der Waals surface area contributed by atoms with E-state index in [4.69, 9.17) is 18.9 Å². The Labute approximate surface area is 322 Å². The molecule has 308 valence electrons. The Hall–Kier alpha value is -2.19. The van der Waals surface area contributed by atoms with Crippen LogP contribution in [0, 0.1) is 29.6 Å². The molecule has 1 amide bonds. The first kappa shape index (κ1) is 44.5. The number of allylic oxidation sites excluding steroid dienone is 3. The van der Waals surface area contributed by atoms with Gasteiger partial charge in [0.25, 0.3) is 0 Å². The first-order valence-electron chi connectivity index (χ1n) is 20.4. The molecule has 3 fully saturated rings. The van der Waals surface area contributed by atoms with Crippen LogP contribution in [0.5, 0.6) is 0 Å². The molecule has 0 aromatic rings. The number of fused-ring (bicyclic) bond motifs is 3. The summed E-state index contributed by atoms with van der Waals surface area (Å²) in [7, 11) is 3.21. The van der Waals surface area contributed by atoms with Gasteiger partial charge < -0.3 is 44.3 Å². The summed E-state index contributed by atoms with van der Waals surface area (Å²) in [5.74, 6) is -4.46. The van der Waals surface area contributed by atoms with Gasteiger partial charge in [0.05, 0.1) is 36.9 Å². The number of hydrogen-bond donors (Lipinski definition) is 4. The summed E-state index contributed by atoms with van der Waals surface area (Å²) in [5.41, 5.74) is 1.71. The van der Waals surface area contributed by atoms with Gasteiger partial charge in [-0.3, -0.25) is 9.59 Å². The first-order chi connectivity index (χ1) is 25.5. The number of esters is 1. The number of ether oxygens (including phenoxy) is 4. The van der Waals surface area contributed by atoms with Crippen molar-refractivity contribution in [2.75, 3.05) is 20.8 Å². The fourth-order valence-corrected chi connectivity index (χ4v) is 9.24. The van der Waals surface area contributed by atoms with Crippen molar-refractivity contribution < 1.29 is 53.8 Å². The molecule has 0 unspecified atom stereocenters. The summed E-state index contributed by atoms with van der Waals surface area (Å²) in [6.07, 6.45) is 3.73. The predicted molar refractivity (Wildman–Crippen MR) is 203 cm³/mol. The van der Waals surface area contributed by atoms with Crippen LogP contribution in [0.3, 0.4) is 0 Å². The average Bonchev–Trinajstić information content (AvgIpc) is 3.13. The summed E-state index contributed by atoms with van der Waals surface area (Å²) in [4.78, 5) is 43.6. The Morgan fingerprint density at radius 1 is 0.944 bits per heavy atom. The maximum Gasteiger partial charge on any atom is 0.329 e. The van der Waals surface area contributed by atoms with Crippen LogP contribution in [0.4, 0.5) is 0 Å². The molecule has 12 nitrogen and oxygen atoms in total. The third-order valence-electron chi connectivity index (χ3n) is 12.7. The highest BCUT2D eigenvalue weighted by atomic mass is 16.7. The van der Waals surface area contributed by atoms with Crippen molar-refractivity contribution in [3.63, 3.8) is 0 Å². The second kappa shape index (κ2) is 19.8. The molecule has 0 aromatic heterocycles. The van der Waals surface area contributed by atoms with Crippen molar-refractivity contribution in [1.82, 2.24) is 4.90 Å². The summed E-state index contributed by atoms with van der Waals surface area (Å²) in [6.45, 7) is 11.8. The lowest BCUT2D eigenvalue weighted by Gasteiger charge is -2.48. The van der Waals surface area contributed by atoms with Gasteiger partial charge >= 0.3 is 5.97 Å². The Morgan fingerprint density at radius 3 is 2.28 bits per heavy atom. The van der Waals surface area contributed by atoms with E-state index in [1.165, 1.54) is 4.90 Å². The van der Waals surface area contributed by atoms with Crippen LogP contribution in [0.25, 0.3) is 0 Å². The van der Waals surface area contributed by atoms with E-state index < -0.39 is 78.1 Å². The molecule has 14 atom stereocenters. The zero-order valence-electron chi connectivity index (χ0n) is 33.9. The van der Waals surface area contributed by atoms with Crippen LogP contribution >= 0.6 is 0 Å². The van der Waals surface area contributed by atoms with Gasteiger partial charge in [-0.1, -0.05) is 45.4 Å². The van der Waals surface area contributed by atoms with E-state index in [0.29, 0.717) is 76.3 Å². The monoisotopic (exact) mass is 763 g/mol. The molecule has 4 aliphatic rings. The van der Waals surface area contributed by atoms with Gasteiger partial charge in [-0.25, -0.2) is 4.79 Å². The molecule has 12 heteroatoms. The number of methoxy groups -OCH3 is 2. The van der Waals surface area contributed by atoms with Gasteiger partial charge in [-0.2, -0.15) is 0 Å². The fraction of sp³-hybridized carbons (Fsp3) is 0.833. The standard InChI is InChI=1S/C42H69NO11/c1-9-30-17-24(2)16-25(3)18-36(51-7)40-37(52-8)20-27(5)42(50,54-40)23-38(48)43-15-11-10-12-31(43)41(49)53-39(28(6)33(45)22-34(30)46)26(4)19-29-13-14-32(44)35(47)21-29/h17,19,25,27-33,35-37,39-40,44-45,47,50H,9-16,18,20-23H2,1-8H3/b24-17+,26-19+/t25-,27+,28+,29-,30+,31-,32+,33-,35+,36-,37-,39+,40+,42-/m0/s1. The topological polar surface area (TPSA) is 172 Å². The molecule has 1 saturated carbocycles. The number of amides is 1. The van der Waals surface area contributed by atoms with Crippen LogP contribution < -0.4 is 0 Å². The Kier molecular flexibility index (Phi) is 16.3. The zero-order valence-corrected chi connectivity index (χ0v) is 33.9. The quantitative estimate of drug-likeness (QED) is 0.227. The molecule has 4 rings (SSSR count). The van der Waals surface area contributed by atoms with Gasteiger partial charge in [0, 0.05) is 44.9 Å². The number of aliphatic hydroxyl groups is 4. The number of piperidine rings is 1. The van der Waals surface area contributed by atoms with Crippen LogP contribution in [-0.4, -0.2) is 118 Å². The Balaban J connectivity index is 1.73. The third kappa shape index (κ3) is 11.0. The smallest absolute Gasteiger partial charge is 0.329 e. The lowest BCUT2D eigenvalue weighted by molar-refractivity contribution is -0.321. The molecular weight excluding hydrogens is 694 g/mol. The molecule has 54 heavy (non-hydrogen) atoms. The van der Waals surface area contributed by atoms with E-state index in [-0.39, 0.29) is 36.6 Å². The van der Waals surface area contributed by atoms with Crippen molar-refractivity contribution in [3.05, 3.63) is 23.3 Å². The summed E-state index contributed by atoms with van der Waals surface area (Å²) < 4.78 is 24.6. The van der Waals surface area contributed by atoms with Crippen molar-refractivity contribution in [2.24, 2.45) is 29.6 Å². The molecule has 0 aromatic carbocycles. The molecule has 0 radical (unpaired) electrons. The molecule has 1 aliphatic carbocycles. The number of nitrogens with zero attached hydrogens (tertiary/aromatic N) is 1. The molecule has 4 N–H and O–H groups in total. The summed E-state index contributed by atoms with van der Waals surface area (Å²) in [6, 6.07) is -0.913. The molecule has 3 aliphatic heterocycles. The second-order valence-electron chi connectivity index (χ2n) is 17.0. The molecule has 3 heterocycles. The van der Waals surface area contributed by atoms with Gasteiger partial charge in [-0.05, 0) is 95.5 Å².